The molecule has 0 radical (unpaired) electrons. The first-order valence-electron chi connectivity index (χ1n) is 12.0. The molecule has 2 fully saturated rings. The predicted molar refractivity (Wildman–Crippen MR) is 127 cm³/mol. The first-order valence-corrected chi connectivity index (χ1v) is 12.0. The number of carbonyl (C=O) groups excluding carboxylic acids is 1. The van der Waals surface area contributed by atoms with Crippen molar-refractivity contribution in [3.63, 3.8) is 0 Å². The van der Waals surface area contributed by atoms with Gasteiger partial charge in [0.2, 0.25) is 0 Å². The summed E-state index contributed by atoms with van der Waals surface area (Å²) in [4.78, 5) is 19.9. The molecule has 1 saturated carbocycles. The Hall–Kier alpha value is -2.93. The Morgan fingerprint density at radius 1 is 1.09 bits per heavy atom. The summed E-state index contributed by atoms with van der Waals surface area (Å²) in [5.41, 5.74) is 1.10. The quantitative estimate of drug-likeness (QED) is 0.613. The normalized spacial score (nSPS) is 21.9. The molecule has 1 amide bonds. The van der Waals surface area contributed by atoms with Gasteiger partial charge in [0, 0.05) is 37.4 Å². The zero-order chi connectivity index (χ0) is 22.8. The van der Waals surface area contributed by atoms with Crippen molar-refractivity contribution in [3.8, 4) is 0 Å². The lowest BCUT2D eigenvalue weighted by atomic mass is 9.92. The van der Waals surface area contributed by atoms with E-state index in [2.05, 4.69) is 15.2 Å². The van der Waals surface area contributed by atoms with E-state index in [-0.39, 0.29) is 17.8 Å². The van der Waals surface area contributed by atoms with Crippen molar-refractivity contribution < 1.29 is 14.3 Å². The van der Waals surface area contributed by atoms with Gasteiger partial charge in [-0.15, -0.1) is 0 Å². The van der Waals surface area contributed by atoms with E-state index in [4.69, 9.17) is 0 Å². The smallest absolute Gasteiger partial charge is 0.253 e. The van der Waals surface area contributed by atoms with E-state index in [9.17, 15) is 14.3 Å². The van der Waals surface area contributed by atoms with Crippen LogP contribution >= 0.6 is 0 Å². The van der Waals surface area contributed by atoms with Crippen LogP contribution in [0.5, 0.6) is 0 Å². The summed E-state index contributed by atoms with van der Waals surface area (Å²) in [6.45, 7) is 2.61. The third kappa shape index (κ3) is 4.60. The van der Waals surface area contributed by atoms with Crippen molar-refractivity contribution in [2.75, 3.05) is 18.0 Å². The van der Waals surface area contributed by atoms with Gasteiger partial charge in [0.15, 0.2) is 0 Å². The second-order valence-corrected chi connectivity index (χ2v) is 9.38. The van der Waals surface area contributed by atoms with Crippen molar-refractivity contribution in [1.29, 1.82) is 0 Å². The van der Waals surface area contributed by atoms with Crippen LogP contribution in [0, 0.1) is 11.7 Å². The van der Waals surface area contributed by atoms with Gasteiger partial charge in [0.1, 0.15) is 11.6 Å². The fraction of sp³-hybridized carbons (Fsp3) is 0.462. The number of rotatable bonds is 5. The maximum Gasteiger partial charge on any atom is 0.253 e. The molecule has 1 aliphatic carbocycles. The molecule has 3 heterocycles. The number of piperidine rings is 1. The molecule has 0 bridgehead atoms. The molecule has 0 unspecified atom stereocenters. The van der Waals surface area contributed by atoms with Crippen LogP contribution in [0.15, 0.2) is 48.8 Å². The number of hydrogen-bond donors (Lipinski definition) is 2. The Balaban J connectivity index is 1.33. The van der Waals surface area contributed by atoms with E-state index in [1.165, 1.54) is 6.07 Å². The minimum atomic E-state index is -0.537. The molecule has 7 heteroatoms. The van der Waals surface area contributed by atoms with E-state index >= 15 is 0 Å². The van der Waals surface area contributed by atoms with Gasteiger partial charge in [-0.05, 0) is 55.9 Å². The number of fused-ring (bicyclic) bond motifs is 1. The van der Waals surface area contributed by atoms with Gasteiger partial charge < -0.3 is 19.9 Å². The molecule has 3 aromatic rings. The van der Waals surface area contributed by atoms with E-state index in [1.54, 1.807) is 12.3 Å². The predicted octanol–water partition coefficient (Wildman–Crippen LogP) is 4.13. The summed E-state index contributed by atoms with van der Waals surface area (Å²) in [5.74, 6) is 0.763. The highest BCUT2D eigenvalue weighted by molar-refractivity contribution is 6.07. The number of benzene rings is 1. The van der Waals surface area contributed by atoms with E-state index < -0.39 is 6.10 Å². The number of aromatic nitrogens is 2. The number of hydrogen-bond acceptors (Lipinski definition) is 4. The van der Waals surface area contributed by atoms with Crippen LogP contribution in [0.4, 0.5) is 10.2 Å². The molecular formula is C26H31FN4O2. The summed E-state index contributed by atoms with van der Waals surface area (Å²) in [6.07, 6.45) is 8.51. The standard InChI is InChI=1S/C26H31FN4O2/c27-20-6-5-8-22-25(20)19(26(33)29-21-7-1-2-9-23(21)32)17-31(22)16-18-11-14-30(15-12-18)24-10-3-4-13-28-24/h3-6,8,10,13,17-18,21,23,32H,1-2,7,9,11-12,14-16H2,(H,29,33)/t21-,23-/m0/s1. The average molecular weight is 451 g/mol. The Bertz CT molecular complexity index is 1110. The van der Waals surface area contributed by atoms with Crippen molar-refractivity contribution in [2.24, 2.45) is 5.92 Å². The Labute approximate surface area is 193 Å². The molecule has 1 saturated heterocycles. The van der Waals surface area contributed by atoms with Crippen LogP contribution in [-0.4, -0.2) is 45.8 Å². The molecule has 2 atom stereocenters. The summed E-state index contributed by atoms with van der Waals surface area (Å²) >= 11 is 0. The number of carbonyl (C=O) groups is 1. The molecule has 6 nitrogen and oxygen atoms in total. The Kier molecular flexibility index (Phi) is 6.31. The maximum absolute atomic E-state index is 14.8. The number of amides is 1. The van der Waals surface area contributed by atoms with E-state index in [0.29, 0.717) is 23.3 Å². The van der Waals surface area contributed by atoms with Gasteiger partial charge in [-0.3, -0.25) is 4.79 Å². The van der Waals surface area contributed by atoms with E-state index in [1.807, 2.05) is 35.0 Å². The second-order valence-electron chi connectivity index (χ2n) is 9.38. The molecular weight excluding hydrogens is 419 g/mol. The topological polar surface area (TPSA) is 70.4 Å². The number of aliphatic hydroxyl groups excluding tert-OH is 1. The number of halogens is 1. The lowest BCUT2D eigenvalue weighted by Gasteiger charge is -2.33. The molecule has 174 valence electrons. The third-order valence-electron chi connectivity index (χ3n) is 7.19. The van der Waals surface area contributed by atoms with Crippen molar-refractivity contribution in [3.05, 3.63) is 60.2 Å². The number of pyridine rings is 1. The minimum Gasteiger partial charge on any atom is -0.391 e. The fourth-order valence-corrected chi connectivity index (χ4v) is 5.32. The monoisotopic (exact) mass is 450 g/mol. The van der Waals surface area contributed by atoms with Crippen LogP contribution in [0.3, 0.4) is 0 Å². The van der Waals surface area contributed by atoms with Crippen molar-refractivity contribution in [1.82, 2.24) is 14.9 Å². The number of anilines is 1. The van der Waals surface area contributed by atoms with Crippen molar-refractivity contribution in [2.45, 2.75) is 57.2 Å². The van der Waals surface area contributed by atoms with Crippen LogP contribution < -0.4 is 10.2 Å². The SMILES string of the molecule is O=C(N[C@H]1CCCC[C@@H]1O)c1cn(CC2CCN(c3ccccn3)CC2)c2cccc(F)c12. The number of nitrogens with zero attached hydrogens (tertiary/aromatic N) is 3. The molecule has 2 N–H and O–H groups in total. The van der Waals surface area contributed by atoms with Crippen LogP contribution in [0.2, 0.25) is 0 Å². The zero-order valence-electron chi connectivity index (χ0n) is 18.8. The lowest BCUT2D eigenvalue weighted by molar-refractivity contribution is 0.0718. The van der Waals surface area contributed by atoms with Gasteiger partial charge >= 0.3 is 0 Å². The maximum atomic E-state index is 14.8. The molecule has 0 spiro atoms. The van der Waals surface area contributed by atoms with Gasteiger partial charge in [0.05, 0.1) is 23.2 Å². The Morgan fingerprint density at radius 3 is 2.67 bits per heavy atom. The number of nitrogens with one attached hydrogen (secondary N) is 1. The van der Waals surface area contributed by atoms with Gasteiger partial charge in [-0.2, -0.15) is 0 Å². The fourth-order valence-electron chi connectivity index (χ4n) is 5.32. The molecule has 5 rings (SSSR count). The molecule has 1 aliphatic heterocycles. The molecule has 2 aromatic heterocycles. The summed E-state index contributed by atoms with van der Waals surface area (Å²) in [6, 6.07) is 10.7. The average Bonchev–Trinajstić information content (AvgIpc) is 3.21. The molecule has 33 heavy (non-hydrogen) atoms. The number of aliphatic hydroxyl groups is 1. The summed E-state index contributed by atoms with van der Waals surface area (Å²) in [7, 11) is 0. The highest BCUT2D eigenvalue weighted by Crippen LogP contribution is 2.29. The zero-order valence-corrected chi connectivity index (χ0v) is 18.8. The van der Waals surface area contributed by atoms with Gasteiger partial charge in [-0.1, -0.05) is 25.0 Å². The van der Waals surface area contributed by atoms with Gasteiger partial charge in [0.25, 0.3) is 5.91 Å². The van der Waals surface area contributed by atoms with Crippen molar-refractivity contribution >= 4 is 22.6 Å². The molecule has 2 aliphatic rings. The highest BCUT2D eigenvalue weighted by Gasteiger charge is 2.28. The third-order valence-corrected chi connectivity index (χ3v) is 7.19. The van der Waals surface area contributed by atoms with Crippen LogP contribution in [0.1, 0.15) is 48.9 Å². The largest absolute Gasteiger partial charge is 0.391 e. The lowest BCUT2D eigenvalue weighted by Crippen LogP contribution is -2.45. The van der Waals surface area contributed by atoms with Gasteiger partial charge in [-0.25, -0.2) is 9.37 Å². The summed E-state index contributed by atoms with van der Waals surface area (Å²) < 4.78 is 16.9. The highest BCUT2D eigenvalue weighted by atomic mass is 19.1. The minimum absolute atomic E-state index is 0.271. The van der Waals surface area contributed by atoms with Crippen LogP contribution in [0.25, 0.3) is 10.9 Å². The summed E-state index contributed by atoms with van der Waals surface area (Å²) in [5, 5.41) is 13.6. The first kappa shape index (κ1) is 21.9. The van der Waals surface area contributed by atoms with Crippen LogP contribution in [-0.2, 0) is 6.54 Å². The van der Waals surface area contributed by atoms with E-state index in [0.717, 1.165) is 63.1 Å². The molecule has 1 aromatic carbocycles. The first-order chi connectivity index (χ1) is 16.1. The Morgan fingerprint density at radius 2 is 1.91 bits per heavy atom. The second kappa shape index (κ2) is 9.51.